The van der Waals surface area contributed by atoms with Gasteiger partial charge in [-0.2, -0.15) is 23.5 Å². The minimum atomic E-state index is -0.221. The largest absolute Gasteiger partial charge is 0.459 e. The molecule has 5 heteroatoms. The van der Waals surface area contributed by atoms with Gasteiger partial charge in [0.1, 0.15) is 17.2 Å². The normalized spacial score (nSPS) is 24.9. The van der Waals surface area contributed by atoms with Crippen LogP contribution in [-0.2, 0) is 0 Å². The predicted octanol–water partition coefficient (Wildman–Crippen LogP) is 4.07. The first-order valence-corrected chi connectivity index (χ1v) is 8.88. The first kappa shape index (κ1) is 14.3. The minimum Gasteiger partial charge on any atom is -0.459 e. The van der Waals surface area contributed by atoms with Crippen LogP contribution in [-0.4, -0.2) is 29.1 Å². The van der Waals surface area contributed by atoms with E-state index in [0.717, 1.165) is 16.7 Å². The van der Waals surface area contributed by atoms with Crippen molar-refractivity contribution in [2.24, 2.45) is 0 Å². The Bertz CT molecular complexity index is 601. The molecule has 1 aromatic heterocycles. The Hall–Kier alpha value is -0.650. The summed E-state index contributed by atoms with van der Waals surface area (Å²) in [6.07, 6.45) is 0. The number of furan rings is 1. The van der Waals surface area contributed by atoms with E-state index in [4.69, 9.17) is 4.42 Å². The van der Waals surface area contributed by atoms with Crippen LogP contribution in [0, 0.1) is 5.82 Å². The monoisotopic (exact) mass is 311 g/mol. The van der Waals surface area contributed by atoms with Crippen LogP contribution in [0.1, 0.15) is 18.7 Å². The summed E-state index contributed by atoms with van der Waals surface area (Å²) < 4.78 is 19.2. The number of rotatable bonds is 3. The van der Waals surface area contributed by atoms with E-state index in [1.807, 2.05) is 36.6 Å². The van der Waals surface area contributed by atoms with Crippen molar-refractivity contribution in [2.45, 2.75) is 23.5 Å². The third-order valence-corrected chi connectivity index (χ3v) is 6.88. The van der Waals surface area contributed by atoms with E-state index in [1.54, 1.807) is 6.07 Å². The predicted molar refractivity (Wildman–Crippen MR) is 86.1 cm³/mol. The average Bonchev–Trinajstić information content (AvgIpc) is 2.84. The van der Waals surface area contributed by atoms with Gasteiger partial charge in [0.2, 0.25) is 0 Å². The highest BCUT2D eigenvalue weighted by molar-refractivity contribution is 8.07. The molecule has 0 spiro atoms. The van der Waals surface area contributed by atoms with Crippen molar-refractivity contribution < 1.29 is 8.81 Å². The van der Waals surface area contributed by atoms with Crippen LogP contribution in [0.4, 0.5) is 4.39 Å². The molecule has 1 fully saturated rings. The Morgan fingerprint density at radius 1 is 1.30 bits per heavy atom. The summed E-state index contributed by atoms with van der Waals surface area (Å²) in [5.41, 5.74) is 0.753. The molecule has 1 N–H and O–H groups in total. The van der Waals surface area contributed by atoms with Crippen LogP contribution in [0.3, 0.4) is 0 Å². The first-order valence-electron chi connectivity index (χ1n) is 6.78. The summed E-state index contributed by atoms with van der Waals surface area (Å²) in [4.78, 5) is 0. The number of halogens is 1. The second-order valence-corrected chi connectivity index (χ2v) is 7.78. The van der Waals surface area contributed by atoms with E-state index in [1.165, 1.54) is 23.6 Å². The van der Waals surface area contributed by atoms with Crippen LogP contribution in [0.2, 0.25) is 0 Å². The highest BCUT2D eigenvalue weighted by Gasteiger charge is 2.32. The van der Waals surface area contributed by atoms with Crippen molar-refractivity contribution >= 4 is 34.5 Å². The van der Waals surface area contributed by atoms with E-state index >= 15 is 0 Å². The van der Waals surface area contributed by atoms with E-state index in [-0.39, 0.29) is 11.9 Å². The van der Waals surface area contributed by atoms with Crippen molar-refractivity contribution in [1.29, 1.82) is 0 Å². The lowest BCUT2D eigenvalue weighted by atomic mass is 10.1. The van der Waals surface area contributed by atoms with Gasteiger partial charge in [-0.05, 0) is 31.3 Å². The van der Waals surface area contributed by atoms with Crippen molar-refractivity contribution in [3.8, 4) is 0 Å². The van der Waals surface area contributed by atoms with E-state index in [9.17, 15) is 4.39 Å². The molecular weight excluding hydrogens is 293 g/mol. The Kier molecular flexibility index (Phi) is 4.29. The standard InChI is InChI=1S/C15H18FNOS2/c1-9-15(20-6-5-19-9)14(17-2)13-8-10-7-11(16)3-4-12(10)18-13/h3-4,7-9,14-15,17H,5-6H2,1-2H3. The molecule has 0 aliphatic carbocycles. The summed E-state index contributed by atoms with van der Waals surface area (Å²) in [5.74, 6) is 3.07. The van der Waals surface area contributed by atoms with Gasteiger partial charge in [-0.25, -0.2) is 4.39 Å². The zero-order valence-electron chi connectivity index (χ0n) is 11.6. The lowest BCUT2D eigenvalue weighted by molar-refractivity contribution is 0.440. The van der Waals surface area contributed by atoms with Gasteiger partial charge in [-0.1, -0.05) is 6.92 Å². The molecule has 1 aliphatic heterocycles. The molecule has 3 atom stereocenters. The molecule has 1 aromatic carbocycles. The average molecular weight is 311 g/mol. The molecular formula is C15H18FNOS2. The van der Waals surface area contributed by atoms with Gasteiger partial charge in [-0.3, -0.25) is 0 Å². The number of hydrogen-bond acceptors (Lipinski definition) is 4. The SMILES string of the molecule is CNC(c1cc2cc(F)ccc2o1)C1SCCSC1C. The Balaban J connectivity index is 1.94. The van der Waals surface area contributed by atoms with Gasteiger partial charge < -0.3 is 9.73 Å². The highest BCUT2D eigenvalue weighted by Crippen LogP contribution is 2.39. The van der Waals surface area contributed by atoms with Crippen molar-refractivity contribution in [3.05, 3.63) is 35.8 Å². The van der Waals surface area contributed by atoms with Gasteiger partial charge in [0.15, 0.2) is 0 Å². The molecule has 3 rings (SSSR count). The molecule has 2 aromatic rings. The summed E-state index contributed by atoms with van der Waals surface area (Å²) in [6.45, 7) is 2.27. The minimum absolute atomic E-state index is 0.165. The van der Waals surface area contributed by atoms with Crippen LogP contribution in [0.5, 0.6) is 0 Å². The van der Waals surface area contributed by atoms with E-state index in [2.05, 4.69) is 12.2 Å². The number of thioether (sulfide) groups is 2. The molecule has 1 saturated heterocycles. The summed E-state index contributed by atoms with van der Waals surface area (Å²) >= 11 is 4.01. The molecule has 20 heavy (non-hydrogen) atoms. The van der Waals surface area contributed by atoms with Crippen LogP contribution < -0.4 is 5.32 Å². The zero-order chi connectivity index (χ0) is 14.1. The van der Waals surface area contributed by atoms with Crippen LogP contribution in [0.25, 0.3) is 11.0 Å². The number of hydrogen-bond donors (Lipinski definition) is 1. The second kappa shape index (κ2) is 6.00. The van der Waals surface area contributed by atoms with Crippen molar-refractivity contribution in [2.75, 3.05) is 18.6 Å². The van der Waals surface area contributed by atoms with Crippen LogP contribution in [0.15, 0.2) is 28.7 Å². The molecule has 108 valence electrons. The van der Waals surface area contributed by atoms with Crippen molar-refractivity contribution in [3.63, 3.8) is 0 Å². The maximum absolute atomic E-state index is 13.3. The fraction of sp³-hybridized carbons (Fsp3) is 0.467. The summed E-state index contributed by atoms with van der Waals surface area (Å²) in [7, 11) is 1.96. The Morgan fingerprint density at radius 2 is 2.10 bits per heavy atom. The number of nitrogens with one attached hydrogen (secondary N) is 1. The van der Waals surface area contributed by atoms with Gasteiger partial charge in [0.05, 0.1) is 6.04 Å². The summed E-state index contributed by atoms with van der Waals surface area (Å²) in [6, 6.07) is 6.80. The van der Waals surface area contributed by atoms with Gasteiger partial charge in [0.25, 0.3) is 0 Å². The van der Waals surface area contributed by atoms with Gasteiger partial charge in [0, 0.05) is 27.4 Å². The van der Waals surface area contributed by atoms with Crippen molar-refractivity contribution in [1.82, 2.24) is 5.32 Å². The molecule has 0 bridgehead atoms. The molecule has 0 saturated carbocycles. The maximum Gasteiger partial charge on any atom is 0.134 e. The Morgan fingerprint density at radius 3 is 2.85 bits per heavy atom. The van der Waals surface area contributed by atoms with E-state index in [0.29, 0.717) is 10.5 Å². The second-order valence-electron chi connectivity index (χ2n) is 5.01. The lowest BCUT2D eigenvalue weighted by Gasteiger charge is -2.33. The zero-order valence-corrected chi connectivity index (χ0v) is 13.2. The maximum atomic E-state index is 13.3. The quantitative estimate of drug-likeness (QED) is 0.924. The number of fused-ring (bicyclic) bond motifs is 1. The molecule has 2 nitrogen and oxygen atoms in total. The molecule has 3 unspecified atom stereocenters. The fourth-order valence-electron chi connectivity index (χ4n) is 2.67. The third-order valence-electron chi connectivity index (χ3n) is 3.68. The third kappa shape index (κ3) is 2.71. The Labute approximate surface area is 126 Å². The molecule has 0 amide bonds. The fourth-order valence-corrected chi connectivity index (χ4v) is 5.64. The van der Waals surface area contributed by atoms with E-state index < -0.39 is 0 Å². The smallest absolute Gasteiger partial charge is 0.134 e. The first-order chi connectivity index (χ1) is 9.69. The van der Waals surface area contributed by atoms with Gasteiger partial charge in [-0.15, -0.1) is 0 Å². The molecule has 2 heterocycles. The highest BCUT2D eigenvalue weighted by atomic mass is 32.2. The lowest BCUT2D eigenvalue weighted by Crippen LogP contribution is -2.35. The van der Waals surface area contributed by atoms with Gasteiger partial charge >= 0.3 is 0 Å². The number of benzene rings is 1. The van der Waals surface area contributed by atoms with Crippen LogP contribution >= 0.6 is 23.5 Å². The molecule has 0 radical (unpaired) electrons. The molecule has 1 aliphatic rings. The summed E-state index contributed by atoms with van der Waals surface area (Å²) in [5, 5.41) is 5.26. The topological polar surface area (TPSA) is 25.2 Å².